The molecule has 4 heteroatoms. The van der Waals surface area contributed by atoms with Crippen LogP contribution in [0.2, 0.25) is 0 Å². The molecule has 0 spiro atoms. The molecule has 1 unspecified atom stereocenters. The molecule has 3 N–H and O–H groups in total. The van der Waals surface area contributed by atoms with Crippen molar-refractivity contribution in [2.24, 2.45) is 5.73 Å². The van der Waals surface area contributed by atoms with Crippen LogP contribution in [0.4, 0.5) is 0 Å². The molecule has 0 radical (unpaired) electrons. The van der Waals surface area contributed by atoms with Gasteiger partial charge >= 0.3 is 0 Å². The molecule has 4 rings (SSSR count). The molecule has 2 bridgehead atoms. The van der Waals surface area contributed by atoms with Crippen molar-refractivity contribution in [2.45, 2.75) is 56.2 Å². The number of rotatable bonds is 6. The summed E-state index contributed by atoms with van der Waals surface area (Å²) in [4.78, 5) is 14.0. The Bertz CT molecular complexity index is 778. The Balaban J connectivity index is 1.40. The van der Waals surface area contributed by atoms with E-state index in [1.54, 1.807) is 6.07 Å². The average molecular weight is 364 g/mol. The summed E-state index contributed by atoms with van der Waals surface area (Å²) in [6.45, 7) is 0.748. The fraction of sp³-hybridized carbons (Fsp3) is 0.435. The topological polar surface area (TPSA) is 66.6 Å². The Kier molecular flexibility index (Phi) is 5.28. The van der Waals surface area contributed by atoms with Crippen LogP contribution in [0.5, 0.6) is 0 Å². The number of fused-ring (bicyclic) bond motifs is 2. The predicted octanol–water partition coefficient (Wildman–Crippen LogP) is 3.10. The predicted molar refractivity (Wildman–Crippen MR) is 107 cm³/mol. The maximum absolute atomic E-state index is 11.5. The Labute approximate surface area is 161 Å². The van der Waals surface area contributed by atoms with Crippen molar-refractivity contribution in [3.63, 3.8) is 0 Å². The summed E-state index contributed by atoms with van der Waals surface area (Å²) >= 11 is 0. The number of primary amides is 1. The SMILES string of the molecule is NC(=O)c1cccc(C2C[C@H]3CC[C@H](C2)N3CC(O)Cc2ccccc2)c1. The van der Waals surface area contributed by atoms with Gasteiger partial charge in [-0.05, 0) is 61.3 Å². The highest BCUT2D eigenvalue weighted by atomic mass is 16.3. The second kappa shape index (κ2) is 7.83. The lowest BCUT2D eigenvalue weighted by atomic mass is 9.84. The minimum absolute atomic E-state index is 0.328. The van der Waals surface area contributed by atoms with Crippen molar-refractivity contribution in [1.29, 1.82) is 0 Å². The number of aliphatic hydroxyl groups excluding tert-OH is 1. The van der Waals surface area contributed by atoms with E-state index in [-0.39, 0.29) is 12.0 Å². The highest BCUT2D eigenvalue weighted by Crippen LogP contribution is 2.43. The fourth-order valence-corrected chi connectivity index (χ4v) is 4.98. The van der Waals surface area contributed by atoms with Crippen molar-refractivity contribution in [1.82, 2.24) is 4.90 Å². The molecule has 0 aromatic heterocycles. The molecule has 2 aliphatic heterocycles. The molecule has 1 amide bonds. The van der Waals surface area contributed by atoms with Gasteiger partial charge in [-0.15, -0.1) is 0 Å². The summed E-state index contributed by atoms with van der Waals surface area (Å²) in [5.74, 6) is 0.116. The van der Waals surface area contributed by atoms with Crippen molar-refractivity contribution in [2.75, 3.05) is 6.54 Å². The van der Waals surface area contributed by atoms with Gasteiger partial charge < -0.3 is 10.8 Å². The standard InChI is InChI=1S/C23H28N2O2/c24-23(27)18-8-4-7-17(12-18)19-13-20-9-10-21(14-19)25(20)15-22(26)11-16-5-2-1-3-6-16/h1-8,12,19-22,26H,9-11,13-15H2,(H2,24,27)/t20-,21-,22?/m1/s1. The largest absolute Gasteiger partial charge is 0.391 e. The van der Waals surface area contributed by atoms with E-state index in [1.807, 2.05) is 30.3 Å². The van der Waals surface area contributed by atoms with Gasteiger partial charge in [0.1, 0.15) is 0 Å². The third-order valence-electron chi connectivity index (χ3n) is 6.26. The lowest BCUT2D eigenvalue weighted by Gasteiger charge is -2.40. The highest BCUT2D eigenvalue weighted by Gasteiger charge is 2.41. The molecule has 2 saturated heterocycles. The summed E-state index contributed by atoms with van der Waals surface area (Å²) in [6.07, 6.45) is 4.97. The van der Waals surface area contributed by atoms with E-state index < -0.39 is 0 Å². The van der Waals surface area contributed by atoms with Crippen molar-refractivity contribution in [3.05, 3.63) is 71.3 Å². The number of piperidine rings is 1. The van der Waals surface area contributed by atoms with E-state index in [9.17, 15) is 9.90 Å². The molecule has 2 fully saturated rings. The van der Waals surface area contributed by atoms with Gasteiger partial charge in [-0.25, -0.2) is 0 Å². The number of hydrogen-bond acceptors (Lipinski definition) is 3. The third-order valence-corrected chi connectivity index (χ3v) is 6.26. The van der Waals surface area contributed by atoms with Gasteiger partial charge in [0, 0.05) is 24.2 Å². The van der Waals surface area contributed by atoms with Crippen LogP contribution in [0.1, 0.15) is 53.1 Å². The molecule has 142 valence electrons. The number of carbonyl (C=O) groups is 1. The van der Waals surface area contributed by atoms with Crippen LogP contribution in [0.3, 0.4) is 0 Å². The van der Waals surface area contributed by atoms with Crippen LogP contribution in [-0.2, 0) is 6.42 Å². The van der Waals surface area contributed by atoms with E-state index in [1.165, 1.54) is 24.0 Å². The zero-order valence-electron chi connectivity index (χ0n) is 15.6. The van der Waals surface area contributed by atoms with Gasteiger partial charge in [0.2, 0.25) is 5.91 Å². The van der Waals surface area contributed by atoms with Gasteiger partial charge in [0.05, 0.1) is 6.10 Å². The van der Waals surface area contributed by atoms with E-state index in [0.717, 1.165) is 19.4 Å². The molecular formula is C23H28N2O2. The number of amides is 1. The van der Waals surface area contributed by atoms with E-state index in [4.69, 9.17) is 5.73 Å². The third kappa shape index (κ3) is 4.07. The number of hydrogen-bond donors (Lipinski definition) is 2. The Morgan fingerprint density at radius 3 is 2.44 bits per heavy atom. The molecular weight excluding hydrogens is 336 g/mol. The molecule has 2 aromatic carbocycles. The molecule has 0 saturated carbocycles. The first-order valence-corrected chi connectivity index (χ1v) is 9.97. The summed E-state index contributed by atoms with van der Waals surface area (Å²) in [7, 11) is 0. The molecule has 4 nitrogen and oxygen atoms in total. The summed E-state index contributed by atoms with van der Waals surface area (Å²) < 4.78 is 0. The zero-order valence-corrected chi connectivity index (χ0v) is 15.6. The van der Waals surface area contributed by atoms with Crippen LogP contribution >= 0.6 is 0 Å². The smallest absolute Gasteiger partial charge is 0.248 e. The van der Waals surface area contributed by atoms with Crippen molar-refractivity contribution in [3.8, 4) is 0 Å². The van der Waals surface area contributed by atoms with Crippen LogP contribution in [0.25, 0.3) is 0 Å². The van der Waals surface area contributed by atoms with Crippen molar-refractivity contribution >= 4 is 5.91 Å². The molecule has 27 heavy (non-hydrogen) atoms. The maximum Gasteiger partial charge on any atom is 0.248 e. The van der Waals surface area contributed by atoms with Crippen LogP contribution < -0.4 is 5.73 Å². The first kappa shape index (κ1) is 18.2. The Morgan fingerprint density at radius 2 is 1.78 bits per heavy atom. The second-order valence-electron chi connectivity index (χ2n) is 8.08. The number of nitrogens with zero attached hydrogens (tertiary/aromatic N) is 1. The zero-order chi connectivity index (χ0) is 18.8. The van der Waals surface area contributed by atoms with Crippen LogP contribution in [-0.4, -0.2) is 40.6 Å². The summed E-state index contributed by atoms with van der Waals surface area (Å²) in [6, 6.07) is 19.1. The fourth-order valence-electron chi connectivity index (χ4n) is 4.98. The average Bonchev–Trinajstić information content (AvgIpc) is 2.90. The number of nitrogens with two attached hydrogens (primary N) is 1. The number of aliphatic hydroxyl groups is 1. The summed E-state index contributed by atoms with van der Waals surface area (Å²) in [5, 5.41) is 10.6. The monoisotopic (exact) mass is 364 g/mol. The van der Waals surface area contributed by atoms with Crippen molar-refractivity contribution < 1.29 is 9.90 Å². The molecule has 0 aliphatic carbocycles. The first-order valence-electron chi connectivity index (χ1n) is 9.97. The summed E-state index contributed by atoms with van der Waals surface area (Å²) in [5.41, 5.74) is 8.46. The minimum atomic E-state index is -0.360. The van der Waals surface area contributed by atoms with Gasteiger partial charge in [-0.2, -0.15) is 0 Å². The molecule has 2 heterocycles. The lowest BCUT2D eigenvalue weighted by Crippen LogP contribution is -2.46. The maximum atomic E-state index is 11.5. The highest BCUT2D eigenvalue weighted by molar-refractivity contribution is 5.92. The normalized spacial score (nSPS) is 26.0. The van der Waals surface area contributed by atoms with Crippen LogP contribution in [0, 0.1) is 0 Å². The quantitative estimate of drug-likeness (QED) is 0.828. The van der Waals surface area contributed by atoms with E-state index in [0.29, 0.717) is 30.0 Å². The van der Waals surface area contributed by atoms with Gasteiger partial charge in [-0.1, -0.05) is 42.5 Å². The molecule has 2 aromatic rings. The first-order chi connectivity index (χ1) is 13.1. The van der Waals surface area contributed by atoms with Gasteiger partial charge in [0.15, 0.2) is 0 Å². The van der Waals surface area contributed by atoms with Crippen LogP contribution in [0.15, 0.2) is 54.6 Å². The van der Waals surface area contributed by atoms with Gasteiger partial charge in [0.25, 0.3) is 0 Å². The Hall–Kier alpha value is -2.17. The van der Waals surface area contributed by atoms with E-state index in [2.05, 4.69) is 23.1 Å². The lowest BCUT2D eigenvalue weighted by molar-refractivity contribution is 0.0563. The molecule has 2 aliphatic rings. The van der Waals surface area contributed by atoms with Gasteiger partial charge in [-0.3, -0.25) is 9.69 Å². The second-order valence-corrected chi connectivity index (χ2v) is 8.08. The number of benzene rings is 2. The molecule has 3 atom stereocenters. The minimum Gasteiger partial charge on any atom is -0.391 e. The number of carbonyl (C=O) groups excluding carboxylic acids is 1. The van der Waals surface area contributed by atoms with E-state index >= 15 is 0 Å². The Morgan fingerprint density at radius 1 is 1.07 bits per heavy atom.